The summed E-state index contributed by atoms with van der Waals surface area (Å²) in [4.78, 5) is 2.28. The van der Waals surface area contributed by atoms with Crippen molar-refractivity contribution in [1.29, 1.82) is 0 Å². The van der Waals surface area contributed by atoms with Crippen LogP contribution in [-0.4, -0.2) is 31.6 Å². The molecule has 1 rings (SSSR count). The Morgan fingerprint density at radius 3 is 2.19 bits per heavy atom. The lowest BCUT2D eigenvalue weighted by atomic mass is 10.0. The van der Waals surface area contributed by atoms with Crippen molar-refractivity contribution in [3.8, 4) is 5.75 Å². The van der Waals surface area contributed by atoms with E-state index in [1.165, 1.54) is 5.56 Å². The van der Waals surface area contributed by atoms with Crippen molar-refractivity contribution in [2.45, 2.75) is 25.9 Å². The van der Waals surface area contributed by atoms with Gasteiger partial charge in [-0.15, -0.1) is 0 Å². The molecule has 0 saturated carbocycles. The smallest absolute Gasteiger partial charge is 0.118 e. The molecule has 0 saturated heterocycles. The minimum absolute atomic E-state index is 0.269. The van der Waals surface area contributed by atoms with Crippen LogP contribution in [0, 0.1) is 0 Å². The molecule has 0 aromatic heterocycles. The highest BCUT2D eigenvalue weighted by molar-refractivity contribution is 5.29. The molecule has 0 aliphatic carbocycles. The fraction of sp³-hybridized carbons (Fsp3) is 0.538. The fourth-order valence-corrected chi connectivity index (χ4v) is 1.72. The van der Waals surface area contributed by atoms with Crippen molar-refractivity contribution >= 4 is 0 Å². The Kier molecular flexibility index (Phi) is 4.77. The first kappa shape index (κ1) is 13.0. The van der Waals surface area contributed by atoms with E-state index in [4.69, 9.17) is 10.5 Å². The lowest BCUT2D eigenvalue weighted by molar-refractivity contribution is 0.201. The van der Waals surface area contributed by atoms with Crippen LogP contribution in [0.25, 0.3) is 0 Å². The van der Waals surface area contributed by atoms with Gasteiger partial charge in [-0.3, -0.25) is 4.90 Å². The van der Waals surface area contributed by atoms with E-state index in [0.717, 1.165) is 5.75 Å². The van der Waals surface area contributed by atoms with Gasteiger partial charge in [0, 0.05) is 18.6 Å². The molecule has 0 spiro atoms. The number of methoxy groups -OCH3 is 1. The Labute approximate surface area is 98.2 Å². The van der Waals surface area contributed by atoms with Crippen LogP contribution in [0.15, 0.2) is 24.3 Å². The lowest BCUT2D eigenvalue weighted by Gasteiger charge is -2.30. The van der Waals surface area contributed by atoms with Crippen LogP contribution < -0.4 is 10.5 Å². The average Bonchev–Trinajstić information content (AvgIpc) is 2.30. The van der Waals surface area contributed by atoms with Crippen LogP contribution in [0.1, 0.15) is 25.5 Å². The third-order valence-electron chi connectivity index (χ3n) is 3.03. The highest BCUT2D eigenvalue weighted by Gasteiger charge is 2.17. The van der Waals surface area contributed by atoms with Gasteiger partial charge in [-0.05, 0) is 38.6 Å². The predicted molar refractivity (Wildman–Crippen MR) is 67.7 cm³/mol. The Morgan fingerprint density at radius 1 is 1.25 bits per heavy atom. The summed E-state index contributed by atoms with van der Waals surface area (Å²) < 4.78 is 5.15. The summed E-state index contributed by atoms with van der Waals surface area (Å²) >= 11 is 0. The largest absolute Gasteiger partial charge is 0.497 e. The molecule has 0 radical (unpaired) electrons. The monoisotopic (exact) mass is 222 g/mol. The van der Waals surface area contributed by atoms with Crippen molar-refractivity contribution in [3.05, 3.63) is 29.8 Å². The van der Waals surface area contributed by atoms with E-state index in [1.807, 2.05) is 12.1 Å². The van der Waals surface area contributed by atoms with Gasteiger partial charge in [0.25, 0.3) is 0 Å². The zero-order valence-corrected chi connectivity index (χ0v) is 10.6. The summed E-state index contributed by atoms with van der Waals surface area (Å²) in [5.74, 6) is 0.881. The molecule has 1 unspecified atom stereocenters. The number of ether oxygens (including phenoxy) is 1. The third-order valence-corrected chi connectivity index (χ3v) is 3.03. The minimum Gasteiger partial charge on any atom is -0.497 e. The zero-order valence-electron chi connectivity index (χ0n) is 10.6. The molecule has 0 amide bonds. The van der Waals surface area contributed by atoms with Gasteiger partial charge in [-0.2, -0.15) is 0 Å². The molecule has 0 aliphatic rings. The number of hydrogen-bond donors (Lipinski definition) is 1. The number of nitrogens with two attached hydrogens (primary N) is 1. The number of likely N-dealkylation sites (N-methyl/N-ethyl adjacent to an activating group) is 1. The summed E-state index contributed by atoms with van der Waals surface area (Å²) in [6, 6.07) is 8.87. The molecule has 0 heterocycles. The molecule has 3 heteroatoms. The molecular weight excluding hydrogens is 200 g/mol. The second-order valence-electron chi connectivity index (χ2n) is 4.28. The van der Waals surface area contributed by atoms with Gasteiger partial charge in [0.15, 0.2) is 0 Å². The molecular formula is C13H22N2O. The standard InChI is InChI=1S/C13H22N2O/c1-10(2)15(3)13(9-14)11-5-7-12(16-4)8-6-11/h5-8,10,13H,9,14H2,1-4H3. The predicted octanol–water partition coefficient (Wildman–Crippen LogP) is 2.04. The highest BCUT2D eigenvalue weighted by Crippen LogP contribution is 2.22. The SMILES string of the molecule is COc1ccc(C(CN)N(C)C(C)C)cc1. The fourth-order valence-electron chi connectivity index (χ4n) is 1.72. The second-order valence-corrected chi connectivity index (χ2v) is 4.28. The highest BCUT2D eigenvalue weighted by atomic mass is 16.5. The number of nitrogens with zero attached hydrogens (tertiary/aromatic N) is 1. The van der Waals surface area contributed by atoms with E-state index in [9.17, 15) is 0 Å². The molecule has 90 valence electrons. The molecule has 1 atom stereocenters. The maximum atomic E-state index is 5.84. The number of rotatable bonds is 5. The van der Waals surface area contributed by atoms with Gasteiger partial charge in [-0.1, -0.05) is 12.1 Å². The maximum absolute atomic E-state index is 5.84. The minimum atomic E-state index is 0.269. The molecule has 0 bridgehead atoms. The number of benzene rings is 1. The molecule has 16 heavy (non-hydrogen) atoms. The number of hydrogen-bond acceptors (Lipinski definition) is 3. The Balaban J connectivity index is 2.86. The van der Waals surface area contributed by atoms with Gasteiger partial charge >= 0.3 is 0 Å². The molecule has 0 aliphatic heterocycles. The van der Waals surface area contributed by atoms with Crippen molar-refractivity contribution < 1.29 is 4.74 Å². The van der Waals surface area contributed by atoms with Crippen molar-refractivity contribution in [2.75, 3.05) is 20.7 Å². The van der Waals surface area contributed by atoms with Gasteiger partial charge in [0.2, 0.25) is 0 Å². The molecule has 1 aromatic carbocycles. The van der Waals surface area contributed by atoms with Crippen molar-refractivity contribution in [3.63, 3.8) is 0 Å². The molecule has 1 aromatic rings. The Bertz CT molecular complexity index is 308. The first-order chi connectivity index (χ1) is 7.60. The van der Waals surface area contributed by atoms with E-state index in [-0.39, 0.29) is 6.04 Å². The van der Waals surface area contributed by atoms with Crippen LogP contribution in [0.4, 0.5) is 0 Å². The maximum Gasteiger partial charge on any atom is 0.118 e. The summed E-state index contributed by atoms with van der Waals surface area (Å²) in [7, 11) is 3.78. The van der Waals surface area contributed by atoms with E-state index >= 15 is 0 Å². The van der Waals surface area contributed by atoms with E-state index < -0.39 is 0 Å². The van der Waals surface area contributed by atoms with Crippen LogP contribution in [0.3, 0.4) is 0 Å². The summed E-state index contributed by atoms with van der Waals surface area (Å²) in [5.41, 5.74) is 7.08. The molecule has 0 fully saturated rings. The third kappa shape index (κ3) is 2.97. The quantitative estimate of drug-likeness (QED) is 0.828. The van der Waals surface area contributed by atoms with Crippen LogP contribution in [0.5, 0.6) is 5.75 Å². The topological polar surface area (TPSA) is 38.5 Å². The summed E-state index contributed by atoms with van der Waals surface area (Å²) in [6.07, 6.45) is 0. The molecule has 2 N–H and O–H groups in total. The van der Waals surface area contributed by atoms with E-state index in [1.54, 1.807) is 7.11 Å². The second kappa shape index (κ2) is 5.87. The Hall–Kier alpha value is -1.06. The summed E-state index contributed by atoms with van der Waals surface area (Å²) in [5, 5.41) is 0. The van der Waals surface area contributed by atoms with Crippen LogP contribution in [-0.2, 0) is 0 Å². The first-order valence-corrected chi connectivity index (χ1v) is 5.66. The van der Waals surface area contributed by atoms with Crippen molar-refractivity contribution in [1.82, 2.24) is 4.90 Å². The first-order valence-electron chi connectivity index (χ1n) is 5.66. The van der Waals surface area contributed by atoms with Crippen molar-refractivity contribution in [2.24, 2.45) is 5.73 Å². The normalized spacial score (nSPS) is 13.2. The zero-order chi connectivity index (χ0) is 12.1. The van der Waals surface area contributed by atoms with Crippen LogP contribution in [0.2, 0.25) is 0 Å². The van der Waals surface area contributed by atoms with Crippen LogP contribution >= 0.6 is 0 Å². The average molecular weight is 222 g/mol. The van der Waals surface area contributed by atoms with Gasteiger partial charge in [0.1, 0.15) is 5.75 Å². The van der Waals surface area contributed by atoms with E-state index in [2.05, 4.69) is 37.9 Å². The van der Waals surface area contributed by atoms with Gasteiger partial charge in [0.05, 0.1) is 7.11 Å². The van der Waals surface area contributed by atoms with E-state index in [0.29, 0.717) is 12.6 Å². The van der Waals surface area contributed by atoms with Gasteiger partial charge in [-0.25, -0.2) is 0 Å². The summed E-state index contributed by atoms with van der Waals surface area (Å²) in [6.45, 7) is 4.97. The molecule has 3 nitrogen and oxygen atoms in total. The Morgan fingerprint density at radius 2 is 1.81 bits per heavy atom. The van der Waals surface area contributed by atoms with Gasteiger partial charge < -0.3 is 10.5 Å². The lowest BCUT2D eigenvalue weighted by Crippen LogP contribution is -2.35.